The smallest absolute Gasteiger partial charge is 0.217 e. The molecular formula is C36H61N3O26. The predicted molar refractivity (Wildman–Crippen MR) is 201 cm³/mol. The van der Waals surface area contributed by atoms with Crippen LogP contribution in [-0.4, -0.2) is 276 Å². The van der Waals surface area contributed by atoms with Crippen molar-refractivity contribution >= 4 is 17.7 Å². The van der Waals surface area contributed by atoms with Crippen LogP contribution in [-0.2, 0) is 57.0 Å². The predicted octanol–water partition coefficient (Wildman–Crippen LogP) is -11.5. The molecule has 0 aromatic carbocycles. The van der Waals surface area contributed by atoms with E-state index in [1.165, 1.54) is 0 Å². The van der Waals surface area contributed by atoms with Gasteiger partial charge in [0.05, 0.1) is 33.0 Å². The van der Waals surface area contributed by atoms with E-state index >= 15 is 0 Å². The summed E-state index contributed by atoms with van der Waals surface area (Å²) in [6.07, 6.45) is -39.0. The molecule has 65 heavy (non-hydrogen) atoms. The van der Waals surface area contributed by atoms with Gasteiger partial charge in [-0.05, 0) is 0 Å². The van der Waals surface area contributed by atoms with Gasteiger partial charge in [0.2, 0.25) is 17.7 Å². The lowest BCUT2D eigenvalue weighted by Crippen LogP contribution is -2.70. The number of aliphatic hydroxyl groups is 14. The van der Waals surface area contributed by atoms with Crippen molar-refractivity contribution in [1.29, 1.82) is 0 Å². The number of hydrogen-bond donors (Lipinski definition) is 17. The van der Waals surface area contributed by atoms with E-state index in [4.69, 9.17) is 42.6 Å². The second-order valence-electron chi connectivity index (χ2n) is 16.2. The topological polar surface area (TPSA) is 454 Å². The molecule has 5 rings (SSSR count). The molecule has 29 nitrogen and oxygen atoms in total. The second-order valence-corrected chi connectivity index (χ2v) is 16.2. The van der Waals surface area contributed by atoms with Gasteiger partial charge in [-0.2, -0.15) is 0 Å². The van der Waals surface area contributed by atoms with Gasteiger partial charge in [-0.25, -0.2) is 0 Å². The number of nitrogens with one attached hydrogen (secondary N) is 3. The van der Waals surface area contributed by atoms with Crippen LogP contribution in [0.25, 0.3) is 0 Å². The highest BCUT2D eigenvalue weighted by Gasteiger charge is 2.56. The van der Waals surface area contributed by atoms with Crippen molar-refractivity contribution in [2.45, 2.75) is 174 Å². The van der Waals surface area contributed by atoms with Crippen LogP contribution in [0.2, 0.25) is 0 Å². The van der Waals surface area contributed by atoms with E-state index in [1.54, 1.807) is 0 Å². The zero-order valence-corrected chi connectivity index (χ0v) is 35.1. The van der Waals surface area contributed by atoms with Gasteiger partial charge in [0.25, 0.3) is 0 Å². The maximum Gasteiger partial charge on any atom is 0.217 e. The van der Waals surface area contributed by atoms with Crippen LogP contribution >= 0.6 is 0 Å². The molecule has 5 fully saturated rings. The summed E-state index contributed by atoms with van der Waals surface area (Å²) in [5.74, 6) is -2.31. The van der Waals surface area contributed by atoms with Crippen LogP contribution in [0, 0.1) is 0 Å². The Bertz CT molecular complexity index is 1550. The molecular weight excluding hydrogens is 890 g/mol. The minimum Gasteiger partial charge on any atom is -0.394 e. The van der Waals surface area contributed by atoms with E-state index in [0.717, 1.165) is 20.8 Å². The zero-order chi connectivity index (χ0) is 48.2. The van der Waals surface area contributed by atoms with Gasteiger partial charge in [-0.15, -0.1) is 0 Å². The Morgan fingerprint density at radius 3 is 1.18 bits per heavy atom. The van der Waals surface area contributed by atoms with Crippen molar-refractivity contribution < 1.29 is 129 Å². The standard InChI is InChI=1S/C36H61N3O26/c1-9(44)37-17-23(50)29(63-35-27(54)25(52)20(47)12(4-40)59-35)14(6-42)61-33(17)57-8-16-22(49)31(19(32(56)58-16)39-11(3)46)65-34-18(38-10(2)45)24(51)30(15(7-43)62-34)64-36-28(55)26(53)21(48)13(5-41)60-36/h12-36,40-43,47-56H,4-8H2,1-3H3,(H,37,44)(H,38,45)(H,39,46)/t12-,13-,14-,15-,16-,17-,18-,19-,20+,21+,22+,23-,24-,25+,26+,27-,28-,29-,30-,31-,32-,33-,34+,35+,36+/m1/s1. The van der Waals surface area contributed by atoms with Crippen LogP contribution in [0.4, 0.5) is 0 Å². The summed E-state index contributed by atoms with van der Waals surface area (Å²) in [5.41, 5.74) is 0. The van der Waals surface area contributed by atoms with Crippen molar-refractivity contribution in [2.75, 3.05) is 33.0 Å². The molecule has 5 aliphatic rings. The molecule has 29 heteroatoms. The lowest BCUT2D eigenvalue weighted by Gasteiger charge is -2.50. The van der Waals surface area contributed by atoms with Crippen LogP contribution in [0.1, 0.15) is 20.8 Å². The normalized spacial score (nSPS) is 47.1. The molecule has 25 atom stereocenters. The van der Waals surface area contributed by atoms with Crippen molar-refractivity contribution in [1.82, 2.24) is 16.0 Å². The molecule has 5 aliphatic heterocycles. The quantitative estimate of drug-likeness (QED) is 0.0683. The number of rotatable bonds is 16. The highest BCUT2D eigenvalue weighted by atomic mass is 16.8. The highest BCUT2D eigenvalue weighted by molar-refractivity contribution is 5.74. The molecule has 0 unspecified atom stereocenters. The maximum absolute atomic E-state index is 12.4. The Kier molecular flexibility index (Phi) is 19.1. The first-order valence-corrected chi connectivity index (χ1v) is 20.6. The number of amides is 3. The molecule has 0 aromatic heterocycles. The SMILES string of the molecule is CC(=O)N[C@@H]1[C@@H](O[C@@H]2O[C@H](CO)[C@@H](O[C@@H]3O[C@H](CO)[C@H](O)[C@H](O)[C@H]3O)[C@H](O)[C@H]2NC(C)=O)[C@@H](O)[C@@H](CO[C@@H]2O[C@H](CO)[C@@H](O[C@@H]3O[C@H](CO)[C@H](O)[C@H](O)[C@H]3O)[C@H](O)[C@H]2NC(C)=O)O[C@H]1O. The summed E-state index contributed by atoms with van der Waals surface area (Å²) in [6.45, 7) is -1.14. The van der Waals surface area contributed by atoms with E-state index in [2.05, 4.69) is 16.0 Å². The maximum atomic E-state index is 12.4. The van der Waals surface area contributed by atoms with Crippen molar-refractivity contribution in [3.63, 3.8) is 0 Å². The average Bonchev–Trinajstić information content (AvgIpc) is 3.26. The highest BCUT2D eigenvalue weighted by Crippen LogP contribution is 2.34. The summed E-state index contributed by atoms with van der Waals surface area (Å²) in [6, 6.07) is -4.87. The molecule has 0 saturated carbocycles. The number of hydrogen-bond acceptors (Lipinski definition) is 26. The van der Waals surface area contributed by atoms with Gasteiger partial charge in [-0.3, -0.25) is 14.4 Å². The fraction of sp³-hybridized carbons (Fsp3) is 0.917. The van der Waals surface area contributed by atoms with E-state index < -0.39 is 204 Å². The molecule has 0 bridgehead atoms. The van der Waals surface area contributed by atoms with Crippen molar-refractivity contribution in [3.05, 3.63) is 0 Å². The largest absolute Gasteiger partial charge is 0.394 e. The van der Waals surface area contributed by atoms with E-state index in [0.29, 0.717) is 0 Å². The Labute approximate surface area is 369 Å². The molecule has 17 N–H and O–H groups in total. The van der Waals surface area contributed by atoms with Gasteiger partial charge < -0.3 is 130 Å². The third-order valence-electron chi connectivity index (χ3n) is 11.5. The molecule has 0 radical (unpaired) electrons. The molecule has 5 heterocycles. The summed E-state index contributed by atoms with van der Waals surface area (Å²) in [4.78, 5) is 37.1. The number of carbonyl (C=O) groups is 3. The molecule has 0 spiro atoms. The van der Waals surface area contributed by atoms with Gasteiger partial charge in [0.1, 0.15) is 122 Å². The van der Waals surface area contributed by atoms with E-state index in [1.807, 2.05) is 0 Å². The Morgan fingerprint density at radius 1 is 0.400 bits per heavy atom. The van der Waals surface area contributed by atoms with Crippen LogP contribution in [0.3, 0.4) is 0 Å². The first-order chi connectivity index (χ1) is 30.7. The Hall–Kier alpha value is -2.51. The van der Waals surface area contributed by atoms with E-state index in [-0.39, 0.29) is 0 Å². The molecule has 0 aromatic rings. The van der Waals surface area contributed by atoms with Gasteiger partial charge >= 0.3 is 0 Å². The second kappa shape index (κ2) is 23.2. The Morgan fingerprint density at radius 2 is 0.769 bits per heavy atom. The number of aliphatic hydroxyl groups excluding tert-OH is 14. The van der Waals surface area contributed by atoms with Crippen molar-refractivity contribution in [2.24, 2.45) is 0 Å². The van der Waals surface area contributed by atoms with Crippen LogP contribution < -0.4 is 16.0 Å². The summed E-state index contributed by atoms with van der Waals surface area (Å²) in [7, 11) is 0. The monoisotopic (exact) mass is 951 g/mol. The van der Waals surface area contributed by atoms with Gasteiger partial charge in [-0.1, -0.05) is 0 Å². The molecule has 376 valence electrons. The first-order valence-electron chi connectivity index (χ1n) is 20.6. The molecule has 0 aliphatic carbocycles. The molecule has 3 amide bonds. The third-order valence-corrected chi connectivity index (χ3v) is 11.5. The van der Waals surface area contributed by atoms with E-state index in [9.17, 15) is 85.9 Å². The summed E-state index contributed by atoms with van der Waals surface area (Å²) in [5, 5.41) is 155. The summed E-state index contributed by atoms with van der Waals surface area (Å²) >= 11 is 0. The minimum atomic E-state index is -2.02. The van der Waals surface area contributed by atoms with Crippen LogP contribution in [0.5, 0.6) is 0 Å². The zero-order valence-electron chi connectivity index (χ0n) is 35.1. The van der Waals surface area contributed by atoms with Gasteiger partial charge in [0.15, 0.2) is 31.5 Å². The summed E-state index contributed by atoms with van der Waals surface area (Å²) < 4.78 is 51.3. The minimum absolute atomic E-state index is 0.748. The first kappa shape index (κ1) is 53.4. The molecule has 5 saturated heterocycles. The lowest BCUT2D eigenvalue weighted by molar-refractivity contribution is -0.362. The lowest BCUT2D eigenvalue weighted by atomic mass is 9.93. The fourth-order valence-electron chi connectivity index (χ4n) is 8.14. The fourth-order valence-corrected chi connectivity index (χ4v) is 8.14. The number of carbonyl (C=O) groups excluding carboxylic acids is 3. The third kappa shape index (κ3) is 12.0. The number of ether oxygens (including phenoxy) is 9. The van der Waals surface area contributed by atoms with Crippen molar-refractivity contribution in [3.8, 4) is 0 Å². The van der Waals surface area contributed by atoms with Gasteiger partial charge in [0, 0.05) is 20.8 Å². The Balaban J connectivity index is 1.35. The average molecular weight is 952 g/mol. The van der Waals surface area contributed by atoms with Crippen LogP contribution in [0.15, 0.2) is 0 Å².